The van der Waals surface area contributed by atoms with Gasteiger partial charge in [-0.25, -0.2) is 18.4 Å². The molecule has 0 heterocycles. The van der Waals surface area contributed by atoms with Gasteiger partial charge in [0, 0.05) is 12.8 Å². The molecule has 0 aromatic heterocycles. The van der Waals surface area contributed by atoms with Gasteiger partial charge in [-0.15, -0.1) is 0 Å². The van der Waals surface area contributed by atoms with Gasteiger partial charge in [0.15, 0.2) is 0 Å². The van der Waals surface area contributed by atoms with Crippen LogP contribution in [0.4, 0.5) is 13.6 Å². The van der Waals surface area contributed by atoms with Crippen molar-refractivity contribution in [3.63, 3.8) is 0 Å². The van der Waals surface area contributed by atoms with Gasteiger partial charge in [-0.1, -0.05) is 0 Å². The molecule has 0 aromatic carbocycles. The maximum absolute atomic E-state index is 12.9. The van der Waals surface area contributed by atoms with Gasteiger partial charge in [0.05, 0.1) is 7.11 Å². The molecule has 7 heteroatoms. The van der Waals surface area contributed by atoms with Crippen molar-refractivity contribution < 1.29 is 28.2 Å². The van der Waals surface area contributed by atoms with Crippen molar-refractivity contribution in [1.29, 1.82) is 0 Å². The molecule has 1 unspecified atom stereocenters. The summed E-state index contributed by atoms with van der Waals surface area (Å²) in [5.41, 5.74) is 0. The number of hydrogen-bond acceptors (Lipinski definition) is 3. The molecule has 1 amide bonds. The monoisotopic (exact) mass is 251 g/mol. The number of carbonyl (C=O) groups excluding carboxylic acids is 1. The largest absolute Gasteiger partial charge is 0.480 e. The Labute approximate surface area is 97.1 Å². The minimum absolute atomic E-state index is 0.0773. The molecule has 1 saturated carbocycles. The Kier molecular flexibility index (Phi) is 4.25. The van der Waals surface area contributed by atoms with Crippen LogP contribution in [0.25, 0.3) is 0 Å². The number of alkyl carbamates (subject to hydrolysis) is 1. The number of rotatable bonds is 3. The smallest absolute Gasteiger partial charge is 0.407 e. The molecular weight excluding hydrogens is 236 g/mol. The van der Waals surface area contributed by atoms with E-state index in [4.69, 9.17) is 5.11 Å². The fourth-order valence-electron chi connectivity index (χ4n) is 1.96. The van der Waals surface area contributed by atoms with Gasteiger partial charge < -0.3 is 15.2 Å². The number of alkyl halides is 2. The van der Waals surface area contributed by atoms with Gasteiger partial charge in [0.2, 0.25) is 5.92 Å². The molecule has 1 aliphatic rings. The number of nitrogens with one attached hydrogen (secondary N) is 1. The average molecular weight is 251 g/mol. The Morgan fingerprint density at radius 3 is 2.35 bits per heavy atom. The standard InChI is InChI=1S/C10H15F2NO4/c1-17-9(16)13-7(8(14)15)6-2-4-10(11,12)5-3-6/h6-7H,2-5H2,1H3,(H,13,16)(H,14,15). The quantitative estimate of drug-likeness (QED) is 0.799. The molecule has 5 nitrogen and oxygen atoms in total. The van der Waals surface area contributed by atoms with E-state index in [0.29, 0.717) is 0 Å². The van der Waals surface area contributed by atoms with Crippen molar-refractivity contribution in [1.82, 2.24) is 5.32 Å². The topological polar surface area (TPSA) is 75.6 Å². The second-order valence-corrected chi connectivity index (χ2v) is 4.15. The number of halogens is 2. The zero-order valence-electron chi connectivity index (χ0n) is 9.41. The van der Waals surface area contributed by atoms with E-state index in [1.54, 1.807) is 0 Å². The molecule has 2 N–H and O–H groups in total. The summed E-state index contributed by atoms with van der Waals surface area (Å²) in [4.78, 5) is 21.9. The third-order valence-corrected chi connectivity index (χ3v) is 2.96. The van der Waals surface area contributed by atoms with E-state index in [9.17, 15) is 18.4 Å². The second kappa shape index (κ2) is 5.29. The van der Waals surface area contributed by atoms with Gasteiger partial charge in [-0.05, 0) is 18.8 Å². The van der Waals surface area contributed by atoms with Gasteiger partial charge in [0.1, 0.15) is 6.04 Å². The molecule has 0 saturated heterocycles. The lowest BCUT2D eigenvalue weighted by molar-refractivity contribution is -0.142. The van der Waals surface area contributed by atoms with Gasteiger partial charge in [0.25, 0.3) is 0 Å². The molecule has 17 heavy (non-hydrogen) atoms. The number of hydrogen-bond donors (Lipinski definition) is 2. The van der Waals surface area contributed by atoms with Gasteiger partial charge in [-0.2, -0.15) is 0 Å². The van der Waals surface area contributed by atoms with E-state index < -0.39 is 29.9 Å². The zero-order chi connectivity index (χ0) is 13.1. The highest BCUT2D eigenvalue weighted by atomic mass is 19.3. The third-order valence-electron chi connectivity index (χ3n) is 2.96. The lowest BCUT2D eigenvalue weighted by Crippen LogP contribution is -2.47. The number of ether oxygens (including phenoxy) is 1. The molecule has 0 bridgehead atoms. The summed E-state index contributed by atoms with van der Waals surface area (Å²) >= 11 is 0. The molecule has 1 atom stereocenters. The summed E-state index contributed by atoms with van der Waals surface area (Å²) in [6.07, 6.45) is -1.40. The Morgan fingerprint density at radius 2 is 1.94 bits per heavy atom. The molecule has 1 aliphatic carbocycles. The van der Waals surface area contributed by atoms with Crippen molar-refractivity contribution in [3.8, 4) is 0 Å². The summed E-state index contributed by atoms with van der Waals surface area (Å²) in [6.45, 7) is 0. The van der Waals surface area contributed by atoms with Crippen LogP contribution in [0.2, 0.25) is 0 Å². The zero-order valence-corrected chi connectivity index (χ0v) is 9.41. The van der Waals surface area contributed by atoms with Crippen LogP contribution in [-0.2, 0) is 9.53 Å². The molecule has 1 rings (SSSR count). The molecule has 0 radical (unpaired) electrons. The van der Waals surface area contributed by atoms with E-state index in [1.165, 1.54) is 0 Å². The fourth-order valence-corrected chi connectivity index (χ4v) is 1.96. The number of carbonyl (C=O) groups is 2. The first-order valence-corrected chi connectivity index (χ1v) is 5.31. The van der Waals surface area contributed by atoms with Crippen LogP contribution in [-0.4, -0.2) is 36.2 Å². The highest BCUT2D eigenvalue weighted by Crippen LogP contribution is 2.37. The first-order chi connectivity index (χ1) is 7.85. The third kappa shape index (κ3) is 3.83. The number of aliphatic carboxylic acids is 1. The number of carboxylic acids is 1. The van der Waals surface area contributed by atoms with Crippen LogP contribution < -0.4 is 5.32 Å². The van der Waals surface area contributed by atoms with Crippen LogP contribution in [0, 0.1) is 5.92 Å². The maximum Gasteiger partial charge on any atom is 0.407 e. The predicted molar refractivity (Wildman–Crippen MR) is 53.9 cm³/mol. The SMILES string of the molecule is COC(=O)NC(C(=O)O)C1CCC(F)(F)CC1. The summed E-state index contributed by atoms with van der Waals surface area (Å²) in [5, 5.41) is 11.1. The lowest BCUT2D eigenvalue weighted by Gasteiger charge is -2.31. The van der Waals surface area contributed by atoms with Crippen LogP contribution in [0.5, 0.6) is 0 Å². The first-order valence-electron chi connectivity index (χ1n) is 5.31. The Bertz CT molecular complexity index is 299. The number of carboxylic acid groups (broad SMARTS) is 1. The van der Waals surface area contributed by atoms with Gasteiger partial charge in [-0.3, -0.25) is 0 Å². The number of amides is 1. The second-order valence-electron chi connectivity index (χ2n) is 4.15. The van der Waals surface area contributed by atoms with E-state index in [2.05, 4.69) is 10.1 Å². The maximum atomic E-state index is 12.9. The fraction of sp³-hybridized carbons (Fsp3) is 0.800. The average Bonchev–Trinajstić information content (AvgIpc) is 2.26. The summed E-state index contributed by atoms with van der Waals surface area (Å²) in [5.74, 6) is -4.43. The van der Waals surface area contributed by atoms with E-state index in [-0.39, 0.29) is 25.7 Å². The van der Waals surface area contributed by atoms with E-state index >= 15 is 0 Å². The first kappa shape index (κ1) is 13.7. The van der Waals surface area contributed by atoms with E-state index in [0.717, 1.165) is 7.11 Å². The normalized spacial score (nSPS) is 21.6. The van der Waals surface area contributed by atoms with Crippen LogP contribution in [0.1, 0.15) is 25.7 Å². The molecule has 0 aliphatic heterocycles. The van der Waals surface area contributed by atoms with Crippen LogP contribution in [0.3, 0.4) is 0 Å². The van der Waals surface area contributed by atoms with Crippen LogP contribution >= 0.6 is 0 Å². The minimum atomic E-state index is -2.72. The van der Waals surface area contributed by atoms with Crippen molar-refractivity contribution in [2.75, 3.05) is 7.11 Å². The molecule has 0 spiro atoms. The van der Waals surface area contributed by atoms with Crippen molar-refractivity contribution in [2.45, 2.75) is 37.6 Å². The Balaban J connectivity index is 2.60. The summed E-state index contributed by atoms with van der Waals surface area (Å²) < 4.78 is 30.1. The molecule has 98 valence electrons. The molecule has 0 aromatic rings. The number of methoxy groups -OCH3 is 1. The minimum Gasteiger partial charge on any atom is -0.480 e. The Morgan fingerprint density at radius 1 is 1.41 bits per heavy atom. The van der Waals surface area contributed by atoms with Gasteiger partial charge >= 0.3 is 12.1 Å². The predicted octanol–water partition coefficient (Wildman–Crippen LogP) is 1.62. The Hall–Kier alpha value is -1.40. The molecular formula is C10H15F2NO4. The molecule has 1 fully saturated rings. The van der Waals surface area contributed by atoms with Crippen molar-refractivity contribution >= 4 is 12.1 Å². The highest BCUT2D eigenvalue weighted by Gasteiger charge is 2.40. The van der Waals surface area contributed by atoms with Crippen molar-refractivity contribution in [3.05, 3.63) is 0 Å². The summed E-state index contributed by atoms with van der Waals surface area (Å²) in [6, 6.07) is -1.17. The lowest BCUT2D eigenvalue weighted by atomic mass is 9.82. The summed E-state index contributed by atoms with van der Waals surface area (Å²) in [7, 11) is 1.11. The van der Waals surface area contributed by atoms with E-state index in [1.807, 2.05) is 0 Å². The highest BCUT2D eigenvalue weighted by molar-refractivity contribution is 5.80. The van der Waals surface area contributed by atoms with Crippen molar-refractivity contribution in [2.24, 2.45) is 5.92 Å². The van der Waals surface area contributed by atoms with Crippen LogP contribution in [0.15, 0.2) is 0 Å².